The molecule has 3 aromatic carbocycles. The number of aliphatic hydroxyl groups is 1. The summed E-state index contributed by atoms with van der Waals surface area (Å²) < 4.78 is 17.9. The Kier molecular flexibility index (Phi) is 8.25. The number of phenols is 1. The molecule has 2 N–H and O–H groups in total. The van der Waals surface area contributed by atoms with E-state index in [0.29, 0.717) is 49.3 Å². The number of aliphatic hydroxyl groups excluding tert-OH is 1. The number of hydrogen-bond donors (Lipinski definition) is 2. The van der Waals surface area contributed by atoms with Crippen LogP contribution in [0.4, 0.5) is 0 Å². The van der Waals surface area contributed by atoms with Crippen LogP contribution in [0.3, 0.4) is 0 Å². The van der Waals surface area contributed by atoms with Gasteiger partial charge in [0.2, 0.25) is 0 Å². The van der Waals surface area contributed by atoms with E-state index >= 15 is 0 Å². The number of nitrogens with zero attached hydrogens (tertiary/aromatic N) is 2. The van der Waals surface area contributed by atoms with Gasteiger partial charge in [0, 0.05) is 56.7 Å². The number of amides is 1. The second-order valence-corrected chi connectivity index (χ2v) is 11.3. The zero-order valence-corrected chi connectivity index (χ0v) is 23.3. The number of ether oxygens (including phenoxy) is 3. The molecule has 0 aromatic heterocycles. The summed E-state index contributed by atoms with van der Waals surface area (Å²) in [5.41, 5.74) is 3.74. The standard InChI is InChI=1S/C33H38N2O6/c36-23-28-21-27(25-11-13-33(14-12-25)39-19-20-40-33)5-10-31(28)41-30-8-3-26(4-9-30)32(38)35-17-15-34(16-18-35)22-24-1-6-29(37)7-2-24/h1-10,21,25,36-37H,11-20,22-23H2. The van der Waals surface area contributed by atoms with Crippen molar-refractivity contribution in [2.24, 2.45) is 0 Å². The highest BCUT2D eigenvalue weighted by Crippen LogP contribution is 2.43. The minimum Gasteiger partial charge on any atom is -0.508 e. The van der Waals surface area contributed by atoms with Gasteiger partial charge in [0.25, 0.3) is 5.91 Å². The fourth-order valence-electron chi connectivity index (χ4n) is 6.20. The molecule has 1 saturated carbocycles. The Balaban J connectivity index is 1.02. The summed E-state index contributed by atoms with van der Waals surface area (Å²) >= 11 is 0. The molecule has 8 nitrogen and oxygen atoms in total. The smallest absolute Gasteiger partial charge is 0.253 e. The molecule has 0 unspecified atom stereocenters. The summed E-state index contributed by atoms with van der Waals surface area (Å²) in [4.78, 5) is 17.3. The van der Waals surface area contributed by atoms with Gasteiger partial charge >= 0.3 is 0 Å². The van der Waals surface area contributed by atoms with Gasteiger partial charge in [-0.3, -0.25) is 9.69 Å². The first-order valence-electron chi connectivity index (χ1n) is 14.6. The van der Waals surface area contributed by atoms with E-state index in [0.717, 1.165) is 56.4 Å². The fourth-order valence-corrected chi connectivity index (χ4v) is 6.20. The number of carbonyl (C=O) groups is 1. The second-order valence-electron chi connectivity index (χ2n) is 11.3. The molecular formula is C33H38N2O6. The van der Waals surface area contributed by atoms with E-state index in [9.17, 15) is 15.0 Å². The van der Waals surface area contributed by atoms with Crippen LogP contribution < -0.4 is 4.74 Å². The Hall–Kier alpha value is -3.43. The first-order chi connectivity index (χ1) is 20.0. The van der Waals surface area contributed by atoms with Crippen LogP contribution in [0.2, 0.25) is 0 Å². The molecule has 8 heteroatoms. The molecular weight excluding hydrogens is 520 g/mol. The van der Waals surface area contributed by atoms with Crippen molar-refractivity contribution in [2.45, 2.75) is 50.5 Å². The van der Waals surface area contributed by atoms with E-state index < -0.39 is 0 Å². The van der Waals surface area contributed by atoms with Gasteiger partial charge in [-0.2, -0.15) is 0 Å². The average Bonchev–Trinajstić information content (AvgIpc) is 3.47. The van der Waals surface area contributed by atoms with Crippen molar-refractivity contribution >= 4 is 5.91 Å². The monoisotopic (exact) mass is 558 g/mol. The summed E-state index contributed by atoms with van der Waals surface area (Å²) in [5.74, 6) is 1.56. The number of aromatic hydroxyl groups is 1. The quantitative estimate of drug-likeness (QED) is 0.420. The zero-order valence-electron chi connectivity index (χ0n) is 23.3. The van der Waals surface area contributed by atoms with E-state index in [1.807, 2.05) is 41.3 Å². The lowest BCUT2D eigenvalue weighted by atomic mass is 9.80. The molecule has 0 bridgehead atoms. The van der Waals surface area contributed by atoms with Crippen LogP contribution in [-0.4, -0.2) is 71.1 Å². The lowest BCUT2D eigenvalue weighted by Crippen LogP contribution is -2.48. The lowest BCUT2D eigenvalue weighted by molar-refractivity contribution is -0.178. The van der Waals surface area contributed by atoms with Crippen molar-refractivity contribution in [1.82, 2.24) is 9.80 Å². The maximum absolute atomic E-state index is 13.1. The van der Waals surface area contributed by atoms with Crippen LogP contribution in [0.15, 0.2) is 66.7 Å². The normalized spacial score (nSPS) is 19.5. The minimum atomic E-state index is -0.379. The molecule has 1 amide bonds. The molecule has 0 radical (unpaired) electrons. The number of benzene rings is 3. The Labute approximate surface area is 241 Å². The van der Waals surface area contributed by atoms with Crippen molar-refractivity contribution in [1.29, 1.82) is 0 Å². The summed E-state index contributed by atoms with van der Waals surface area (Å²) in [5, 5.41) is 19.6. The summed E-state index contributed by atoms with van der Waals surface area (Å²) in [6.07, 6.45) is 3.78. The topological polar surface area (TPSA) is 91.7 Å². The molecule has 3 aliphatic rings. The van der Waals surface area contributed by atoms with E-state index in [-0.39, 0.29) is 24.1 Å². The molecule has 1 aliphatic carbocycles. The first-order valence-corrected chi connectivity index (χ1v) is 14.6. The third-order valence-corrected chi connectivity index (χ3v) is 8.62. The third kappa shape index (κ3) is 6.41. The average molecular weight is 559 g/mol. The molecule has 41 heavy (non-hydrogen) atoms. The predicted octanol–water partition coefficient (Wildman–Crippen LogP) is 5.04. The highest BCUT2D eigenvalue weighted by Gasteiger charge is 2.40. The van der Waals surface area contributed by atoms with Crippen molar-refractivity contribution in [3.63, 3.8) is 0 Å². The molecule has 3 fully saturated rings. The van der Waals surface area contributed by atoms with Crippen LogP contribution in [0, 0.1) is 0 Å². The first kappa shape index (κ1) is 27.7. The molecule has 2 saturated heterocycles. The molecule has 216 valence electrons. The van der Waals surface area contributed by atoms with E-state index in [1.165, 1.54) is 5.56 Å². The number of hydrogen-bond acceptors (Lipinski definition) is 7. The fraction of sp³-hybridized carbons (Fsp3) is 0.424. The van der Waals surface area contributed by atoms with Crippen LogP contribution >= 0.6 is 0 Å². The molecule has 6 rings (SSSR count). The van der Waals surface area contributed by atoms with Crippen molar-refractivity contribution in [3.8, 4) is 17.2 Å². The largest absolute Gasteiger partial charge is 0.508 e. The van der Waals surface area contributed by atoms with Crippen LogP contribution in [0.1, 0.15) is 58.6 Å². The summed E-state index contributed by atoms with van der Waals surface area (Å²) in [7, 11) is 0. The predicted molar refractivity (Wildman–Crippen MR) is 154 cm³/mol. The van der Waals surface area contributed by atoms with E-state index in [4.69, 9.17) is 14.2 Å². The van der Waals surface area contributed by atoms with Gasteiger partial charge in [-0.25, -0.2) is 0 Å². The third-order valence-electron chi connectivity index (χ3n) is 8.62. The number of piperazine rings is 1. The van der Waals surface area contributed by atoms with E-state index in [2.05, 4.69) is 11.0 Å². The number of rotatable bonds is 7. The molecule has 1 spiro atoms. The van der Waals surface area contributed by atoms with Gasteiger partial charge in [0.05, 0.1) is 19.8 Å². The van der Waals surface area contributed by atoms with Gasteiger partial charge in [-0.05, 0) is 78.4 Å². The maximum Gasteiger partial charge on any atom is 0.253 e. The van der Waals surface area contributed by atoms with Gasteiger partial charge in [0.15, 0.2) is 5.79 Å². The highest BCUT2D eigenvalue weighted by molar-refractivity contribution is 5.94. The van der Waals surface area contributed by atoms with Crippen LogP contribution in [-0.2, 0) is 22.6 Å². The van der Waals surface area contributed by atoms with Gasteiger partial charge in [-0.1, -0.05) is 18.2 Å². The maximum atomic E-state index is 13.1. The van der Waals surface area contributed by atoms with Gasteiger partial charge in [-0.15, -0.1) is 0 Å². The number of phenolic OH excluding ortho intramolecular Hbond substituents is 1. The van der Waals surface area contributed by atoms with Gasteiger partial charge in [0.1, 0.15) is 17.2 Å². The summed E-state index contributed by atoms with van der Waals surface area (Å²) in [6.45, 7) is 5.00. The zero-order chi connectivity index (χ0) is 28.2. The van der Waals surface area contributed by atoms with Gasteiger partial charge < -0.3 is 29.3 Å². The summed E-state index contributed by atoms with van der Waals surface area (Å²) in [6, 6.07) is 20.6. The number of carbonyl (C=O) groups excluding carboxylic acids is 1. The Bertz CT molecular complexity index is 1320. The van der Waals surface area contributed by atoms with Crippen LogP contribution in [0.25, 0.3) is 0 Å². The molecule has 2 heterocycles. The lowest BCUT2D eigenvalue weighted by Gasteiger charge is -2.35. The Morgan fingerprint density at radius 3 is 2.24 bits per heavy atom. The van der Waals surface area contributed by atoms with Crippen molar-refractivity contribution in [2.75, 3.05) is 39.4 Å². The van der Waals surface area contributed by atoms with Crippen LogP contribution in [0.5, 0.6) is 17.2 Å². The Morgan fingerprint density at radius 2 is 1.59 bits per heavy atom. The SMILES string of the molecule is O=C(c1ccc(Oc2ccc(C3CCC4(CC3)OCCO4)cc2CO)cc1)N1CCN(Cc2ccc(O)cc2)CC1. The minimum absolute atomic E-state index is 0.0175. The molecule has 0 atom stereocenters. The van der Waals surface area contributed by atoms with Crippen molar-refractivity contribution in [3.05, 3.63) is 89.0 Å². The molecule has 2 aliphatic heterocycles. The van der Waals surface area contributed by atoms with Crippen molar-refractivity contribution < 1.29 is 29.2 Å². The van der Waals surface area contributed by atoms with E-state index in [1.54, 1.807) is 24.3 Å². The molecule has 3 aromatic rings. The Morgan fingerprint density at radius 1 is 0.902 bits per heavy atom. The highest BCUT2D eigenvalue weighted by atomic mass is 16.7. The second kappa shape index (κ2) is 12.2.